The van der Waals surface area contributed by atoms with Crippen molar-refractivity contribution in [2.24, 2.45) is 5.16 Å². The molecule has 1 N–H and O–H groups in total. The van der Waals surface area contributed by atoms with Gasteiger partial charge in [0.05, 0.1) is 12.3 Å². The van der Waals surface area contributed by atoms with E-state index < -0.39 is 12.1 Å². The van der Waals surface area contributed by atoms with E-state index in [0.29, 0.717) is 17.7 Å². The molecule has 0 bridgehead atoms. The molecule has 1 unspecified atom stereocenters. The number of aromatic nitrogens is 2. The Balaban J connectivity index is 2.04. The van der Waals surface area contributed by atoms with Gasteiger partial charge in [0.25, 0.3) is 5.91 Å². The number of nitrogens with one attached hydrogen (secondary N) is 1. The van der Waals surface area contributed by atoms with Gasteiger partial charge >= 0.3 is 12.1 Å². The largest absolute Gasteiger partial charge is 0.471 e. The molecule has 0 fully saturated rings. The Kier molecular flexibility index (Phi) is 5.73. The van der Waals surface area contributed by atoms with Crippen LogP contribution in [0, 0.1) is 0 Å². The topological polar surface area (TPSA) is 89.6 Å². The van der Waals surface area contributed by atoms with Crippen molar-refractivity contribution >= 4 is 12.1 Å². The quantitative estimate of drug-likeness (QED) is 0.635. The second-order valence-electron chi connectivity index (χ2n) is 4.93. The third-order valence-electron chi connectivity index (χ3n) is 2.92. The monoisotopic (exact) mass is 356 g/mol. The lowest BCUT2D eigenvalue weighted by Gasteiger charge is -2.09. The molecule has 2 rings (SSSR count). The van der Waals surface area contributed by atoms with Gasteiger partial charge in [-0.15, -0.1) is 0 Å². The lowest BCUT2D eigenvalue weighted by atomic mass is 10.1. The lowest BCUT2D eigenvalue weighted by molar-refractivity contribution is -0.159. The maximum Gasteiger partial charge on any atom is 0.471 e. The van der Waals surface area contributed by atoms with Crippen LogP contribution in [-0.4, -0.2) is 34.9 Å². The van der Waals surface area contributed by atoms with Crippen molar-refractivity contribution in [2.45, 2.75) is 26.1 Å². The summed E-state index contributed by atoms with van der Waals surface area (Å²) in [5.74, 6) is -2.01. The number of hydrogen-bond donors (Lipinski definition) is 1. The lowest BCUT2D eigenvalue weighted by Crippen LogP contribution is -2.33. The number of carbonyl (C=O) groups excluding carboxylic acids is 1. The molecule has 0 radical (unpaired) electrons. The van der Waals surface area contributed by atoms with Crippen LogP contribution in [0.2, 0.25) is 0 Å². The number of hydrogen-bond acceptors (Lipinski definition) is 6. The van der Waals surface area contributed by atoms with Gasteiger partial charge in [0, 0.05) is 11.1 Å². The Hall–Kier alpha value is -2.91. The van der Waals surface area contributed by atoms with Crippen LogP contribution in [0.3, 0.4) is 0 Å². The molecular weight excluding hydrogens is 341 g/mol. The molecule has 25 heavy (non-hydrogen) atoms. The Labute approximate surface area is 140 Å². The molecule has 0 aliphatic rings. The van der Waals surface area contributed by atoms with Crippen molar-refractivity contribution < 1.29 is 27.3 Å². The summed E-state index contributed by atoms with van der Waals surface area (Å²) in [6.45, 7) is 3.92. The number of nitrogens with zero attached hydrogens (tertiary/aromatic N) is 3. The van der Waals surface area contributed by atoms with Crippen molar-refractivity contribution in [3.63, 3.8) is 0 Å². The van der Waals surface area contributed by atoms with Gasteiger partial charge in [-0.1, -0.05) is 22.4 Å². The van der Waals surface area contributed by atoms with E-state index >= 15 is 0 Å². The van der Waals surface area contributed by atoms with Crippen LogP contribution >= 0.6 is 0 Å². The third kappa shape index (κ3) is 5.03. The van der Waals surface area contributed by atoms with Gasteiger partial charge in [-0.05, 0) is 26.0 Å². The van der Waals surface area contributed by atoms with Gasteiger partial charge < -0.3 is 14.7 Å². The number of halogens is 3. The highest BCUT2D eigenvalue weighted by Gasteiger charge is 2.38. The van der Waals surface area contributed by atoms with Gasteiger partial charge in [-0.2, -0.15) is 18.2 Å². The molecule has 2 aromatic rings. The van der Waals surface area contributed by atoms with Crippen LogP contribution in [0.4, 0.5) is 13.2 Å². The minimum absolute atomic E-state index is 0.212. The molecule has 7 nitrogen and oxygen atoms in total. The zero-order valence-corrected chi connectivity index (χ0v) is 13.4. The molecule has 0 saturated heterocycles. The van der Waals surface area contributed by atoms with E-state index in [0.717, 1.165) is 0 Å². The first-order valence-electron chi connectivity index (χ1n) is 7.29. The van der Waals surface area contributed by atoms with Crippen molar-refractivity contribution in [1.82, 2.24) is 15.5 Å². The van der Waals surface area contributed by atoms with Crippen LogP contribution in [0.15, 0.2) is 33.9 Å². The Morgan fingerprint density at radius 2 is 2.08 bits per heavy atom. The number of carbonyl (C=O) groups is 1. The molecule has 1 aromatic carbocycles. The predicted molar refractivity (Wildman–Crippen MR) is 81.8 cm³/mol. The standard InChI is InChI=1S/C15H15F3N4O3/c1-3-24-19-8-9(2)20-13(23)11-6-4-10(5-7-11)12-21-14(25-22-12)15(16,17)18/h4-9H,3H2,1-2H3,(H,20,23)/b19-8+. The van der Waals surface area contributed by atoms with Gasteiger partial charge in [-0.25, -0.2) is 0 Å². The number of rotatable bonds is 6. The first-order valence-corrected chi connectivity index (χ1v) is 7.29. The van der Waals surface area contributed by atoms with E-state index in [9.17, 15) is 18.0 Å². The normalized spacial score (nSPS) is 13.0. The summed E-state index contributed by atoms with van der Waals surface area (Å²) < 4.78 is 41.5. The van der Waals surface area contributed by atoms with Crippen LogP contribution in [-0.2, 0) is 11.0 Å². The average Bonchev–Trinajstić information content (AvgIpc) is 3.05. The smallest absolute Gasteiger partial charge is 0.396 e. The Morgan fingerprint density at radius 1 is 1.40 bits per heavy atom. The van der Waals surface area contributed by atoms with E-state index in [4.69, 9.17) is 4.84 Å². The summed E-state index contributed by atoms with van der Waals surface area (Å²) in [5, 5.41) is 9.61. The zero-order chi connectivity index (χ0) is 18.4. The molecule has 0 aliphatic heterocycles. The fourth-order valence-corrected chi connectivity index (χ4v) is 1.76. The molecule has 10 heteroatoms. The Bertz CT molecular complexity index is 741. The fourth-order valence-electron chi connectivity index (χ4n) is 1.76. The second-order valence-corrected chi connectivity index (χ2v) is 4.93. The molecule has 1 aromatic heterocycles. The summed E-state index contributed by atoms with van der Waals surface area (Å²) in [6.07, 6.45) is -3.27. The molecule has 1 atom stereocenters. The molecule has 134 valence electrons. The van der Waals surface area contributed by atoms with Gasteiger partial charge in [-0.3, -0.25) is 4.79 Å². The summed E-state index contributed by atoms with van der Waals surface area (Å²) in [4.78, 5) is 20.1. The maximum absolute atomic E-state index is 12.5. The average molecular weight is 356 g/mol. The minimum atomic E-state index is -4.70. The van der Waals surface area contributed by atoms with Gasteiger partial charge in [0.1, 0.15) is 6.61 Å². The minimum Gasteiger partial charge on any atom is -0.396 e. The highest BCUT2D eigenvalue weighted by molar-refractivity contribution is 5.96. The van der Waals surface area contributed by atoms with E-state index in [-0.39, 0.29) is 17.8 Å². The summed E-state index contributed by atoms with van der Waals surface area (Å²) in [7, 11) is 0. The van der Waals surface area contributed by atoms with Crippen molar-refractivity contribution in [3.8, 4) is 11.4 Å². The van der Waals surface area contributed by atoms with E-state index in [1.807, 2.05) is 0 Å². The van der Waals surface area contributed by atoms with Gasteiger partial charge in [0.15, 0.2) is 0 Å². The molecule has 1 amide bonds. The van der Waals surface area contributed by atoms with Gasteiger partial charge in [0.2, 0.25) is 5.82 Å². The first kappa shape index (κ1) is 18.4. The molecule has 0 saturated carbocycles. The molecular formula is C15H15F3N4O3. The summed E-state index contributed by atoms with van der Waals surface area (Å²) in [5.41, 5.74) is 0.613. The van der Waals surface area contributed by atoms with Crippen LogP contribution in [0.5, 0.6) is 0 Å². The number of oxime groups is 1. The number of benzene rings is 1. The highest BCUT2D eigenvalue weighted by Crippen LogP contribution is 2.29. The van der Waals surface area contributed by atoms with Crippen molar-refractivity contribution in [3.05, 3.63) is 35.7 Å². The third-order valence-corrected chi connectivity index (χ3v) is 2.92. The first-order chi connectivity index (χ1) is 11.8. The second kappa shape index (κ2) is 7.77. The van der Waals surface area contributed by atoms with E-state index in [1.54, 1.807) is 13.8 Å². The maximum atomic E-state index is 12.5. The number of amides is 1. The highest BCUT2D eigenvalue weighted by atomic mass is 19.4. The van der Waals surface area contributed by atoms with Crippen LogP contribution < -0.4 is 5.32 Å². The number of alkyl halides is 3. The van der Waals surface area contributed by atoms with Crippen LogP contribution in [0.25, 0.3) is 11.4 Å². The summed E-state index contributed by atoms with van der Waals surface area (Å²) >= 11 is 0. The van der Waals surface area contributed by atoms with E-state index in [2.05, 4.69) is 25.1 Å². The van der Waals surface area contributed by atoms with Crippen LogP contribution in [0.1, 0.15) is 30.1 Å². The SMILES string of the molecule is CCO/N=C/C(C)NC(=O)c1ccc(-c2noc(C(F)(F)F)n2)cc1. The van der Waals surface area contributed by atoms with Crippen molar-refractivity contribution in [2.75, 3.05) is 6.61 Å². The molecule has 0 spiro atoms. The zero-order valence-electron chi connectivity index (χ0n) is 13.4. The Morgan fingerprint density at radius 3 is 2.64 bits per heavy atom. The molecule has 1 heterocycles. The van der Waals surface area contributed by atoms with E-state index in [1.165, 1.54) is 30.5 Å². The predicted octanol–water partition coefficient (Wildman–Crippen LogP) is 2.90. The summed E-state index contributed by atoms with van der Waals surface area (Å²) in [6, 6.07) is 5.39. The fraction of sp³-hybridized carbons (Fsp3) is 0.333. The van der Waals surface area contributed by atoms with Crippen molar-refractivity contribution in [1.29, 1.82) is 0 Å². The molecule has 0 aliphatic carbocycles.